The van der Waals surface area contributed by atoms with Crippen molar-refractivity contribution in [2.45, 2.75) is 76.6 Å². The summed E-state index contributed by atoms with van der Waals surface area (Å²) in [4.78, 5) is 44.9. The summed E-state index contributed by atoms with van der Waals surface area (Å²) in [7, 11) is 3.23. The molecule has 3 fully saturated rings. The van der Waals surface area contributed by atoms with Gasteiger partial charge in [0.05, 0.1) is 34.9 Å². The molecule has 0 radical (unpaired) electrons. The number of carbonyl (C=O) groups is 3. The molecule has 2 unspecified atom stereocenters. The van der Waals surface area contributed by atoms with Crippen molar-refractivity contribution >= 4 is 57.5 Å². The summed E-state index contributed by atoms with van der Waals surface area (Å²) in [5.74, 6) is -2.86. The average molecular weight is 746 g/mol. The second-order valence-corrected chi connectivity index (χ2v) is 14.7. The molecular weight excluding hydrogens is 698 g/mol. The zero-order valence-electron chi connectivity index (χ0n) is 29.5. The van der Waals surface area contributed by atoms with E-state index in [-0.39, 0.29) is 52.7 Å². The maximum Gasteiger partial charge on any atom is 0.308 e. The molecular formula is C38H47Cl2FN4O6. The number of para-hydroxylation sites is 1. The molecule has 3 heterocycles. The Bertz CT molecular complexity index is 1740. The number of rotatable bonds is 13. The number of amides is 1. The normalized spacial score (nSPS) is 23.3. The average Bonchev–Trinajstić information content (AvgIpc) is 3.91. The standard InChI is InChI=1S/C38H47Cl2FN4O6/c1-4-50-37(48)24-11-13-27(14-12-24)51-38(44-16-7-8-17-44,45-18-15-25(22-45)35(41)49-3)34(46)20-26-19-31(40)32(21-30(26)39)42-36(47)29-23-43(2)33-10-6-5-9-28(29)33/h5-6,9-10,19,21,23-25,27,35H,4,7-8,11-18,20,22H2,1-3H3,(H,42,47)/t24?,25-,27?,35?,38?/m0/s1. The monoisotopic (exact) mass is 744 g/mol. The van der Waals surface area contributed by atoms with Crippen LogP contribution >= 0.6 is 23.2 Å². The number of nitrogens with zero attached hydrogens (tertiary/aromatic N) is 3. The van der Waals surface area contributed by atoms with Gasteiger partial charge in [-0.1, -0.05) is 41.4 Å². The van der Waals surface area contributed by atoms with Crippen molar-refractivity contribution < 1.29 is 33.0 Å². The fourth-order valence-corrected chi connectivity index (χ4v) is 8.45. The van der Waals surface area contributed by atoms with Crippen LogP contribution in [0.2, 0.25) is 10.0 Å². The molecule has 10 nitrogen and oxygen atoms in total. The van der Waals surface area contributed by atoms with E-state index >= 15 is 0 Å². The Kier molecular flexibility index (Phi) is 12.1. The molecule has 3 atom stereocenters. The molecule has 1 aliphatic carbocycles. The molecule has 13 heteroatoms. The van der Waals surface area contributed by atoms with Crippen LogP contribution in [0.4, 0.5) is 10.1 Å². The van der Waals surface area contributed by atoms with Crippen molar-refractivity contribution in [3.63, 3.8) is 0 Å². The first-order chi connectivity index (χ1) is 24.5. The number of ketones is 1. The van der Waals surface area contributed by atoms with Gasteiger partial charge in [0, 0.05) is 74.8 Å². The Morgan fingerprint density at radius 3 is 2.43 bits per heavy atom. The van der Waals surface area contributed by atoms with E-state index in [9.17, 15) is 18.8 Å². The number of likely N-dealkylation sites (tertiary alicyclic amines) is 2. The third kappa shape index (κ3) is 7.84. The molecule has 1 N–H and O–H groups in total. The van der Waals surface area contributed by atoms with Crippen LogP contribution in [0.25, 0.3) is 10.9 Å². The maximum atomic E-state index is 14.9. The second kappa shape index (κ2) is 16.3. The van der Waals surface area contributed by atoms with E-state index < -0.39 is 18.1 Å². The molecule has 1 saturated carbocycles. The van der Waals surface area contributed by atoms with Crippen molar-refractivity contribution in [2.75, 3.05) is 45.2 Å². The number of ether oxygens (including phenoxy) is 3. The van der Waals surface area contributed by atoms with Gasteiger partial charge in [0.15, 0.2) is 5.78 Å². The summed E-state index contributed by atoms with van der Waals surface area (Å²) in [6.45, 7) is 4.14. The fraction of sp³-hybridized carbons (Fsp3) is 0.553. The van der Waals surface area contributed by atoms with Gasteiger partial charge >= 0.3 is 5.97 Å². The van der Waals surface area contributed by atoms with Gasteiger partial charge < -0.3 is 24.1 Å². The number of anilines is 1. The van der Waals surface area contributed by atoms with Crippen molar-refractivity contribution in [3.05, 3.63) is 63.8 Å². The minimum atomic E-state index is -1.47. The highest BCUT2D eigenvalue weighted by atomic mass is 35.5. The number of fused-ring (bicyclic) bond motifs is 1. The van der Waals surface area contributed by atoms with E-state index in [1.165, 1.54) is 7.11 Å². The number of carbonyl (C=O) groups excluding carboxylic acids is 3. The van der Waals surface area contributed by atoms with Gasteiger partial charge in [-0.25, -0.2) is 4.39 Å². The quantitative estimate of drug-likeness (QED) is 0.187. The predicted molar refractivity (Wildman–Crippen MR) is 195 cm³/mol. The van der Waals surface area contributed by atoms with Crippen LogP contribution in [-0.2, 0) is 37.3 Å². The third-order valence-corrected chi connectivity index (χ3v) is 11.3. The van der Waals surface area contributed by atoms with E-state index in [2.05, 4.69) is 10.2 Å². The number of nitrogens with one attached hydrogen (secondary N) is 1. The highest BCUT2D eigenvalue weighted by Crippen LogP contribution is 2.40. The Hall–Kier alpha value is -3.06. The molecule has 276 valence electrons. The first kappa shape index (κ1) is 37.7. The van der Waals surface area contributed by atoms with Gasteiger partial charge in [0.1, 0.15) is 0 Å². The summed E-state index contributed by atoms with van der Waals surface area (Å²) < 4.78 is 34.1. The fourth-order valence-electron chi connectivity index (χ4n) is 7.99. The molecule has 0 spiro atoms. The molecule has 6 rings (SSSR count). The zero-order valence-corrected chi connectivity index (χ0v) is 31.0. The van der Waals surface area contributed by atoms with Gasteiger partial charge in [-0.05, 0) is 75.6 Å². The van der Waals surface area contributed by atoms with Gasteiger partial charge in [0.2, 0.25) is 12.2 Å². The Balaban J connectivity index is 1.27. The maximum absolute atomic E-state index is 14.9. The molecule has 3 aromatic rings. The number of Topliss-reactive ketones (excluding diaryl/α,β-unsaturated/α-hetero) is 1. The lowest BCUT2D eigenvalue weighted by atomic mass is 9.87. The van der Waals surface area contributed by atoms with Gasteiger partial charge in [0.25, 0.3) is 5.91 Å². The molecule has 3 aliphatic rings. The van der Waals surface area contributed by atoms with Crippen molar-refractivity contribution in [3.8, 4) is 0 Å². The number of alkyl halides is 1. The molecule has 2 aromatic carbocycles. The van der Waals surface area contributed by atoms with Crippen molar-refractivity contribution in [2.24, 2.45) is 18.9 Å². The first-order valence-corrected chi connectivity index (χ1v) is 18.7. The number of hydrogen-bond donors (Lipinski definition) is 1. The van der Waals surface area contributed by atoms with Crippen LogP contribution in [0, 0.1) is 11.8 Å². The molecule has 2 saturated heterocycles. The summed E-state index contributed by atoms with van der Waals surface area (Å²) >= 11 is 13.6. The third-order valence-electron chi connectivity index (χ3n) is 10.6. The summed E-state index contributed by atoms with van der Waals surface area (Å²) in [5, 5.41) is 4.21. The smallest absolute Gasteiger partial charge is 0.308 e. The lowest BCUT2D eigenvalue weighted by Gasteiger charge is -2.48. The second-order valence-electron chi connectivity index (χ2n) is 13.9. The van der Waals surface area contributed by atoms with Gasteiger partial charge in [-0.15, -0.1) is 0 Å². The minimum Gasteiger partial charge on any atom is -0.466 e. The van der Waals surface area contributed by atoms with Crippen LogP contribution in [0.3, 0.4) is 0 Å². The molecule has 51 heavy (non-hydrogen) atoms. The Labute approximate surface area is 308 Å². The summed E-state index contributed by atoms with van der Waals surface area (Å²) in [6.07, 6.45) is 4.57. The number of methoxy groups -OCH3 is 1. The van der Waals surface area contributed by atoms with Crippen LogP contribution in [0.1, 0.15) is 67.8 Å². The minimum absolute atomic E-state index is 0.102. The van der Waals surface area contributed by atoms with E-state index in [4.69, 9.17) is 37.4 Å². The van der Waals surface area contributed by atoms with E-state index in [0.29, 0.717) is 75.2 Å². The van der Waals surface area contributed by atoms with E-state index in [1.807, 2.05) is 40.8 Å². The van der Waals surface area contributed by atoms with E-state index in [1.54, 1.807) is 25.3 Å². The van der Waals surface area contributed by atoms with E-state index in [0.717, 1.165) is 23.7 Å². The Morgan fingerprint density at radius 1 is 1.00 bits per heavy atom. The largest absolute Gasteiger partial charge is 0.466 e. The molecule has 1 amide bonds. The number of aromatic nitrogens is 1. The van der Waals surface area contributed by atoms with Gasteiger partial charge in [-0.3, -0.25) is 24.2 Å². The zero-order chi connectivity index (χ0) is 36.3. The Morgan fingerprint density at radius 2 is 1.73 bits per heavy atom. The molecule has 0 bridgehead atoms. The predicted octanol–water partition coefficient (Wildman–Crippen LogP) is 7.00. The number of halogens is 3. The van der Waals surface area contributed by atoms with Crippen molar-refractivity contribution in [1.29, 1.82) is 0 Å². The molecule has 1 aromatic heterocycles. The van der Waals surface area contributed by atoms with Crippen LogP contribution in [0.15, 0.2) is 42.6 Å². The topological polar surface area (TPSA) is 102 Å². The SMILES string of the molecule is CCOC(=O)C1CCC(OC(C(=O)Cc2cc(Cl)c(NC(=O)c3cn(C)c4ccccc34)cc2Cl)(N2CCCC2)N2CC[C@H](C(F)OC)C2)CC1. The number of aryl methyl sites for hydroxylation is 1. The highest BCUT2D eigenvalue weighted by Gasteiger charge is 2.55. The lowest BCUT2D eigenvalue weighted by Crippen LogP contribution is -2.67. The molecule has 2 aliphatic heterocycles. The number of esters is 1. The number of hydrogen-bond acceptors (Lipinski definition) is 8. The van der Waals surface area contributed by atoms with Crippen LogP contribution in [-0.4, -0.2) is 90.2 Å². The summed E-state index contributed by atoms with van der Waals surface area (Å²) in [6, 6.07) is 10.8. The first-order valence-electron chi connectivity index (χ1n) is 17.9. The van der Waals surface area contributed by atoms with Crippen LogP contribution < -0.4 is 5.32 Å². The van der Waals surface area contributed by atoms with Gasteiger partial charge in [-0.2, -0.15) is 0 Å². The number of benzene rings is 2. The van der Waals surface area contributed by atoms with Crippen LogP contribution in [0.5, 0.6) is 0 Å². The van der Waals surface area contributed by atoms with Crippen molar-refractivity contribution in [1.82, 2.24) is 14.4 Å². The highest BCUT2D eigenvalue weighted by molar-refractivity contribution is 6.36. The summed E-state index contributed by atoms with van der Waals surface area (Å²) in [5.41, 5.74) is 2.23. The lowest BCUT2D eigenvalue weighted by molar-refractivity contribution is -0.253.